The van der Waals surface area contributed by atoms with Crippen molar-refractivity contribution in [2.75, 3.05) is 6.54 Å². The molecule has 0 aliphatic heterocycles. The third kappa shape index (κ3) is 4.53. The van der Waals surface area contributed by atoms with Gasteiger partial charge in [0.2, 0.25) is 0 Å². The molecule has 0 saturated heterocycles. The maximum atomic E-state index is 5.15. The van der Waals surface area contributed by atoms with Crippen molar-refractivity contribution in [3.05, 3.63) is 30.2 Å². The van der Waals surface area contributed by atoms with Gasteiger partial charge >= 0.3 is 0 Å². The van der Waals surface area contributed by atoms with Gasteiger partial charge in [0.1, 0.15) is 5.76 Å². The average molecular weight is 179 g/mol. The van der Waals surface area contributed by atoms with Gasteiger partial charge in [-0.15, -0.1) is 0 Å². The molecule has 13 heavy (non-hydrogen) atoms. The number of rotatable bonds is 3. The first-order valence-corrected chi connectivity index (χ1v) is 4.53. The van der Waals surface area contributed by atoms with E-state index in [1.54, 1.807) is 6.26 Å². The van der Waals surface area contributed by atoms with Crippen LogP contribution in [0.4, 0.5) is 0 Å². The van der Waals surface area contributed by atoms with E-state index in [-0.39, 0.29) is 5.54 Å². The Morgan fingerprint density at radius 3 is 2.77 bits per heavy atom. The minimum atomic E-state index is 0.174. The van der Waals surface area contributed by atoms with Crippen LogP contribution in [0, 0.1) is 0 Å². The molecule has 1 rings (SSSR count). The monoisotopic (exact) mass is 179 g/mol. The predicted octanol–water partition coefficient (Wildman–Crippen LogP) is 2.68. The van der Waals surface area contributed by atoms with Crippen molar-refractivity contribution in [2.45, 2.75) is 26.3 Å². The van der Waals surface area contributed by atoms with Gasteiger partial charge in [-0.05, 0) is 39.0 Å². The van der Waals surface area contributed by atoms with Gasteiger partial charge in [-0.2, -0.15) is 0 Å². The first-order chi connectivity index (χ1) is 6.08. The van der Waals surface area contributed by atoms with Crippen molar-refractivity contribution in [1.29, 1.82) is 0 Å². The molecule has 0 aromatic carbocycles. The molecule has 0 aliphatic carbocycles. The van der Waals surface area contributed by atoms with E-state index in [1.807, 2.05) is 18.2 Å². The maximum Gasteiger partial charge on any atom is 0.126 e. The summed E-state index contributed by atoms with van der Waals surface area (Å²) in [5, 5.41) is 3.36. The van der Waals surface area contributed by atoms with Crippen molar-refractivity contribution in [3.8, 4) is 0 Å². The fourth-order valence-corrected chi connectivity index (χ4v) is 0.926. The minimum Gasteiger partial charge on any atom is -0.465 e. The summed E-state index contributed by atoms with van der Waals surface area (Å²) in [5.74, 6) is 0.899. The number of nitrogens with one attached hydrogen (secondary N) is 1. The predicted molar refractivity (Wildman–Crippen MR) is 55.5 cm³/mol. The van der Waals surface area contributed by atoms with Crippen LogP contribution in [0.3, 0.4) is 0 Å². The van der Waals surface area contributed by atoms with Gasteiger partial charge in [0.25, 0.3) is 0 Å². The van der Waals surface area contributed by atoms with E-state index in [9.17, 15) is 0 Å². The molecule has 1 aromatic heterocycles. The van der Waals surface area contributed by atoms with Crippen LogP contribution in [0.15, 0.2) is 28.9 Å². The van der Waals surface area contributed by atoms with E-state index in [0.717, 1.165) is 12.3 Å². The van der Waals surface area contributed by atoms with Crippen LogP contribution in [0.1, 0.15) is 26.5 Å². The highest BCUT2D eigenvalue weighted by Gasteiger charge is 2.05. The Balaban J connectivity index is 2.27. The number of hydrogen-bond donors (Lipinski definition) is 1. The quantitative estimate of drug-likeness (QED) is 0.771. The normalized spacial score (nSPS) is 12.5. The van der Waals surface area contributed by atoms with Crippen LogP contribution < -0.4 is 5.32 Å². The molecule has 0 aliphatic rings. The van der Waals surface area contributed by atoms with Crippen molar-refractivity contribution in [1.82, 2.24) is 5.32 Å². The topological polar surface area (TPSA) is 25.2 Å². The first-order valence-electron chi connectivity index (χ1n) is 4.53. The standard InChI is InChI=1S/C11H17NO/c1-11(2,3)12-8-4-6-10-7-5-9-13-10/h4-7,9,12H,8H2,1-3H3. The molecule has 0 radical (unpaired) electrons. The fourth-order valence-electron chi connectivity index (χ4n) is 0.926. The van der Waals surface area contributed by atoms with E-state index < -0.39 is 0 Å². The lowest BCUT2D eigenvalue weighted by atomic mass is 10.1. The second-order valence-corrected chi connectivity index (χ2v) is 4.05. The third-order valence-electron chi connectivity index (χ3n) is 1.58. The lowest BCUT2D eigenvalue weighted by molar-refractivity contribution is 0.449. The van der Waals surface area contributed by atoms with Crippen molar-refractivity contribution >= 4 is 6.08 Å². The highest BCUT2D eigenvalue weighted by Crippen LogP contribution is 2.02. The van der Waals surface area contributed by atoms with Gasteiger partial charge in [-0.1, -0.05) is 6.08 Å². The Labute approximate surface area is 79.6 Å². The second-order valence-electron chi connectivity index (χ2n) is 4.05. The van der Waals surface area contributed by atoms with Crippen LogP contribution in [-0.2, 0) is 0 Å². The molecule has 1 aromatic rings. The first kappa shape index (κ1) is 10.1. The van der Waals surface area contributed by atoms with Gasteiger partial charge in [-0.25, -0.2) is 0 Å². The van der Waals surface area contributed by atoms with Crippen molar-refractivity contribution < 1.29 is 4.42 Å². The summed E-state index contributed by atoms with van der Waals surface area (Å²) in [6.07, 6.45) is 5.71. The Morgan fingerprint density at radius 2 is 2.23 bits per heavy atom. The molecule has 0 saturated carbocycles. The fraction of sp³-hybridized carbons (Fsp3) is 0.455. The molecule has 0 fully saturated rings. The Bertz CT molecular complexity index is 254. The average Bonchev–Trinajstić information content (AvgIpc) is 2.48. The number of hydrogen-bond acceptors (Lipinski definition) is 2. The van der Waals surface area contributed by atoms with Gasteiger partial charge in [0, 0.05) is 12.1 Å². The van der Waals surface area contributed by atoms with Gasteiger partial charge in [-0.3, -0.25) is 0 Å². The molecular weight excluding hydrogens is 162 g/mol. The zero-order chi connectivity index (χ0) is 9.73. The van der Waals surface area contributed by atoms with Crippen LogP contribution in [0.2, 0.25) is 0 Å². The third-order valence-corrected chi connectivity index (χ3v) is 1.58. The lowest BCUT2D eigenvalue weighted by Crippen LogP contribution is -2.35. The van der Waals surface area contributed by atoms with Gasteiger partial charge < -0.3 is 9.73 Å². The van der Waals surface area contributed by atoms with Crippen molar-refractivity contribution in [2.24, 2.45) is 0 Å². The SMILES string of the molecule is CC(C)(C)NCC=Cc1ccco1. The van der Waals surface area contributed by atoms with E-state index in [2.05, 4.69) is 32.2 Å². The highest BCUT2D eigenvalue weighted by atomic mass is 16.3. The summed E-state index contributed by atoms with van der Waals surface area (Å²) < 4.78 is 5.15. The van der Waals surface area contributed by atoms with E-state index >= 15 is 0 Å². The summed E-state index contributed by atoms with van der Waals surface area (Å²) in [6.45, 7) is 7.30. The second kappa shape index (κ2) is 4.28. The Kier molecular flexibility index (Phi) is 3.32. The Morgan fingerprint density at radius 1 is 1.46 bits per heavy atom. The summed E-state index contributed by atoms with van der Waals surface area (Å²) in [4.78, 5) is 0. The molecule has 0 bridgehead atoms. The largest absolute Gasteiger partial charge is 0.465 e. The molecule has 0 unspecified atom stereocenters. The van der Waals surface area contributed by atoms with Gasteiger partial charge in [0.15, 0.2) is 0 Å². The summed E-state index contributed by atoms with van der Waals surface area (Å²) in [5.41, 5.74) is 0.174. The zero-order valence-corrected chi connectivity index (χ0v) is 8.50. The molecule has 0 spiro atoms. The van der Waals surface area contributed by atoms with Gasteiger partial charge in [0.05, 0.1) is 6.26 Å². The van der Waals surface area contributed by atoms with Crippen LogP contribution in [0.5, 0.6) is 0 Å². The molecule has 2 heteroatoms. The minimum absolute atomic E-state index is 0.174. The van der Waals surface area contributed by atoms with Crippen LogP contribution >= 0.6 is 0 Å². The molecule has 2 nitrogen and oxygen atoms in total. The lowest BCUT2D eigenvalue weighted by Gasteiger charge is -2.18. The summed E-state index contributed by atoms with van der Waals surface area (Å²) >= 11 is 0. The smallest absolute Gasteiger partial charge is 0.126 e. The Hall–Kier alpha value is -1.02. The summed E-state index contributed by atoms with van der Waals surface area (Å²) in [6, 6.07) is 3.82. The molecule has 72 valence electrons. The number of furan rings is 1. The van der Waals surface area contributed by atoms with E-state index in [4.69, 9.17) is 4.42 Å². The molecule has 1 heterocycles. The molecular formula is C11H17NO. The van der Waals surface area contributed by atoms with Crippen LogP contribution in [-0.4, -0.2) is 12.1 Å². The van der Waals surface area contributed by atoms with Crippen molar-refractivity contribution in [3.63, 3.8) is 0 Å². The van der Waals surface area contributed by atoms with E-state index in [1.165, 1.54) is 0 Å². The highest BCUT2D eigenvalue weighted by molar-refractivity contribution is 5.42. The van der Waals surface area contributed by atoms with Crippen LogP contribution in [0.25, 0.3) is 6.08 Å². The maximum absolute atomic E-state index is 5.15. The summed E-state index contributed by atoms with van der Waals surface area (Å²) in [7, 11) is 0. The zero-order valence-electron chi connectivity index (χ0n) is 8.50. The van der Waals surface area contributed by atoms with E-state index in [0.29, 0.717) is 0 Å². The molecule has 0 amide bonds. The molecule has 0 atom stereocenters. The molecule has 1 N–H and O–H groups in total.